The van der Waals surface area contributed by atoms with Crippen LogP contribution in [0.4, 0.5) is 0 Å². The molecule has 1 aliphatic carbocycles. The third kappa shape index (κ3) is 29.6. The number of unbranched alkanes of at least 4 members (excludes halogenated alkanes) is 30. The highest BCUT2D eigenvalue weighted by atomic mass is 32.2. The lowest BCUT2D eigenvalue weighted by atomic mass is 9.87. The maximum atomic E-state index is 2.44. The summed E-state index contributed by atoms with van der Waals surface area (Å²) in [6.45, 7) is 7.07. The first kappa shape index (κ1) is 44.7. The van der Waals surface area contributed by atoms with Crippen LogP contribution in [0.2, 0.25) is 0 Å². The van der Waals surface area contributed by atoms with Crippen molar-refractivity contribution >= 4 is 23.5 Å². The van der Waals surface area contributed by atoms with Gasteiger partial charge in [-0.1, -0.05) is 220 Å². The van der Waals surface area contributed by atoms with E-state index in [4.69, 9.17) is 0 Å². The van der Waals surface area contributed by atoms with Crippen molar-refractivity contribution in [1.29, 1.82) is 0 Å². The zero-order chi connectivity index (χ0) is 33.0. The van der Waals surface area contributed by atoms with Gasteiger partial charge in [0.05, 0.1) is 0 Å². The first-order valence-corrected chi connectivity index (χ1v) is 24.1. The monoisotopic (exact) mass is 681 g/mol. The Labute approximate surface area is 302 Å². The average Bonchev–Trinajstić information content (AvgIpc) is 3.07. The molecule has 0 radical (unpaired) electrons. The Morgan fingerprint density at radius 1 is 0.326 bits per heavy atom. The summed E-state index contributed by atoms with van der Waals surface area (Å²) >= 11 is 4.75. The molecular weight excluding hydrogens is 593 g/mol. The smallest absolute Gasteiger partial charge is 0.0169 e. The lowest BCUT2D eigenvalue weighted by Gasteiger charge is -2.35. The van der Waals surface area contributed by atoms with E-state index in [1.54, 1.807) is 0 Å². The third-order valence-corrected chi connectivity index (χ3v) is 14.2. The van der Waals surface area contributed by atoms with E-state index >= 15 is 0 Å². The van der Waals surface area contributed by atoms with Crippen LogP contribution in [-0.4, -0.2) is 22.0 Å². The molecule has 2 heteroatoms. The summed E-state index contributed by atoms with van der Waals surface area (Å²) < 4.78 is 0. The van der Waals surface area contributed by atoms with E-state index in [-0.39, 0.29) is 0 Å². The molecule has 0 heterocycles. The predicted molar refractivity (Wildman–Crippen MR) is 219 cm³/mol. The molecule has 1 saturated carbocycles. The number of hydrogen-bond donors (Lipinski definition) is 0. The van der Waals surface area contributed by atoms with E-state index in [1.807, 2.05) is 0 Å². The zero-order valence-corrected chi connectivity index (χ0v) is 34.1. The number of rotatable bonds is 37. The minimum absolute atomic E-state index is 0.945. The Morgan fingerprint density at radius 3 is 0.913 bits per heavy atom. The normalized spacial score (nSPS) is 18.5. The lowest BCUT2D eigenvalue weighted by Crippen LogP contribution is -2.30. The molecular formula is C44H88S2. The lowest BCUT2D eigenvalue weighted by molar-refractivity contribution is 0.363. The standard InChI is InChI=1S/C44H88S2/c1-4-7-9-11-13-15-17-19-21-23-25-27-29-31-33-35-39-45-43-38-37-42(6-3)41-44(43)46-40-36-34-32-30-28-26-24-22-20-18-16-14-12-10-8-5-2/h42-44H,4-41H2,1-3H3. The molecule has 0 saturated heterocycles. The summed E-state index contributed by atoms with van der Waals surface area (Å²) in [5.74, 6) is 3.86. The molecule has 1 rings (SSSR count). The summed E-state index contributed by atoms with van der Waals surface area (Å²) in [5, 5.41) is 1.89. The number of thioether (sulfide) groups is 2. The Kier molecular flexibility index (Phi) is 35.9. The largest absolute Gasteiger partial charge is 0.157 e. The summed E-state index contributed by atoms with van der Waals surface area (Å²) in [6.07, 6.45) is 53.1. The second kappa shape index (κ2) is 37.0. The third-order valence-electron chi connectivity index (χ3n) is 11.1. The quantitative estimate of drug-likeness (QED) is 0.0599. The van der Waals surface area contributed by atoms with Crippen LogP contribution in [0, 0.1) is 5.92 Å². The average molecular weight is 681 g/mol. The van der Waals surface area contributed by atoms with E-state index in [0.29, 0.717) is 0 Å². The predicted octanol–water partition coefficient (Wildman–Crippen LogP) is 16.9. The summed E-state index contributed by atoms with van der Waals surface area (Å²) in [4.78, 5) is 0. The first-order chi connectivity index (χ1) is 22.8. The summed E-state index contributed by atoms with van der Waals surface area (Å²) in [5.41, 5.74) is 0. The van der Waals surface area contributed by atoms with Crippen molar-refractivity contribution in [2.45, 2.75) is 262 Å². The molecule has 0 aromatic rings. The fourth-order valence-corrected chi connectivity index (χ4v) is 10.9. The van der Waals surface area contributed by atoms with E-state index in [1.165, 1.54) is 243 Å². The Balaban J connectivity index is 1.93. The van der Waals surface area contributed by atoms with Gasteiger partial charge in [-0.05, 0) is 49.5 Å². The minimum Gasteiger partial charge on any atom is -0.157 e. The summed E-state index contributed by atoms with van der Waals surface area (Å²) in [7, 11) is 0. The van der Waals surface area contributed by atoms with Gasteiger partial charge in [0.2, 0.25) is 0 Å². The molecule has 3 unspecified atom stereocenters. The highest BCUT2D eigenvalue weighted by Crippen LogP contribution is 2.40. The second-order valence-corrected chi connectivity index (χ2v) is 18.2. The minimum atomic E-state index is 0.945. The molecule has 1 aliphatic rings. The first-order valence-electron chi connectivity index (χ1n) is 22.0. The highest BCUT2D eigenvalue weighted by Gasteiger charge is 2.30. The van der Waals surface area contributed by atoms with Gasteiger partial charge in [0.1, 0.15) is 0 Å². The molecule has 3 atom stereocenters. The molecule has 0 bridgehead atoms. The van der Waals surface area contributed by atoms with Crippen LogP contribution in [0.5, 0.6) is 0 Å². The van der Waals surface area contributed by atoms with Gasteiger partial charge in [0.15, 0.2) is 0 Å². The van der Waals surface area contributed by atoms with Gasteiger partial charge < -0.3 is 0 Å². The SMILES string of the molecule is CCCCCCCCCCCCCCCCCCSC1CCC(CC)CC1SCCCCCCCCCCCCCCCCCC. The molecule has 0 nitrogen and oxygen atoms in total. The van der Waals surface area contributed by atoms with Gasteiger partial charge in [0.25, 0.3) is 0 Å². The summed E-state index contributed by atoms with van der Waals surface area (Å²) in [6, 6.07) is 0. The van der Waals surface area contributed by atoms with E-state index < -0.39 is 0 Å². The van der Waals surface area contributed by atoms with Crippen molar-refractivity contribution in [2.24, 2.45) is 5.92 Å². The van der Waals surface area contributed by atoms with E-state index in [0.717, 1.165) is 16.4 Å². The Morgan fingerprint density at radius 2 is 0.609 bits per heavy atom. The van der Waals surface area contributed by atoms with Crippen LogP contribution >= 0.6 is 23.5 Å². The zero-order valence-electron chi connectivity index (χ0n) is 32.4. The molecule has 0 aliphatic heterocycles. The molecule has 1 fully saturated rings. The van der Waals surface area contributed by atoms with Crippen molar-refractivity contribution in [1.82, 2.24) is 0 Å². The van der Waals surface area contributed by atoms with Crippen molar-refractivity contribution in [3.63, 3.8) is 0 Å². The van der Waals surface area contributed by atoms with E-state index in [2.05, 4.69) is 44.3 Å². The van der Waals surface area contributed by atoms with E-state index in [9.17, 15) is 0 Å². The molecule has 0 N–H and O–H groups in total. The van der Waals surface area contributed by atoms with Crippen LogP contribution in [0.15, 0.2) is 0 Å². The van der Waals surface area contributed by atoms with Crippen molar-refractivity contribution in [2.75, 3.05) is 11.5 Å². The van der Waals surface area contributed by atoms with Crippen molar-refractivity contribution < 1.29 is 0 Å². The molecule has 0 aromatic carbocycles. The van der Waals surface area contributed by atoms with Gasteiger partial charge in [0, 0.05) is 10.5 Å². The Bertz CT molecular complexity index is 562. The molecule has 46 heavy (non-hydrogen) atoms. The molecule has 0 spiro atoms. The topological polar surface area (TPSA) is 0 Å². The highest BCUT2D eigenvalue weighted by molar-refractivity contribution is 8.03. The molecule has 0 amide bonds. The van der Waals surface area contributed by atoms with Crippen LogP contribution in [0.25, 0.3) is 0 Å². The fourth-order valence-electron chi connectivity index (χ4n) is 7.69. The Hall–Kier alpha value is 0.700. The van der Waals surface area contributed by atoms with Gasteiger partial charge >= 0.3 is 0 Å². The van der Waals surface area contributed by atoms with Crippen LogP contribution in [0.1, 0.15) is 252 Å². The van der Waals surface area contributed by atoms with Gasteiger partial charge in [-0.25, -0.2) is 0 Å². The van der Waals surface area contributed by atoms with Crippen molar-refractivity contribution in [3.05, 3.63) is 0 Å². The van der Waals surface area contributed by atoms with Gasteiger partial charge in [-0.3, -0.25) is 0 Å². The van der Waals surface area contributed by atoms with Gasteiger partial charge in [-0.15, -0.1) is 0 Å². The second-order valence-electron chi connectivity index (χ2n) is 15.5. The fraction of sp³-hybridized carbons (Fsp3) is 1.00. The van der Waals surface area contributed by atoms with Crippen molar-refractivity contribution in [3.8, 4) is 0 Å². The van der Waals surface area contributed by atoms with Crippen LogP contribution < -0.4 is 0 Å². The maximum absolute atomic E-state index is 2.44. The number of hydrogen-bond acceptors (Lipinski definition) is 2. The molecule has 0 aromatic heterocycles. The van der Waals surface area contributed by atoms with Crippen LogP contribution in [0.3, 0.4) is 0 Å². The van der Waals surface area contributed by atoms with Crippen LogP contribution in [-0.2, 0) is 0 Å². The maximum Gasteiger partial charge on any atom is 0.0169 e. The van der Waals surface area contributed by atoms with Gasteiger partial charge in [-0.2, -0.15) is 23.5 Å². The molecule has 276 valence electrons.